The fourth-order valence-corrected chi connectivity index (χ4v) is 3.97. The molecule has 0 saturated carbocycles. The zero-order valence-electron chi connectivity index (χ0n) is 13.7. The number of hydrogen-bond acceptors (Lipinski definition) is 6. The second kappa shape index (κ2) is 5.29. The van der Waals surface area contributed by atoms with E-state index in [1.54, 1.807) is 25.1 Å². The van der Waals surface area contributed by atoms with Crippen LogP contribution < -0.4 is 4.74 Å². The molecular weight excluding hydrogens is 324 g/mol. The van der Waals surface area contributed by atoms with Crippen molar-refractivity contribution >= 4 is 5.78 Å². The van der Waals surface area contributed by atoms with E-state index in [1.165, 1.54) is 13.2 Å². The molecule has 0 bridgehead atoms. The maximum absolute atomic E-state index is 13.0. The Morgan fingerprint density at radius 1 is 1.04 bits per heavy atom. The Bertz CT molecular complexity index is 903. The minimum atomic E-state index is -1.33. The van der Waals surface area contributed by atoms with Crippen molar-refractivity contribution in [2.75, 3.05) is 7.11 Å². The summed E-state index contributed by atoms with van der Waals surface area (Å²) < 4.78 is 5.32. The van der Waals surface area contributed by atoms with Gasteiger partial charge in [0.05, 0.1) is 19.3 Å². The number of phenols is 1. The van der Waals surface area contributed by atoms with Crippen LogP contribution in [0.1, 0.15) is 46.2 Å². The first-order valence-electron chi connectivity index (χ1n) is 8.04. The number of aliphatic hydroxyl groups is 3. The monoisotopic (exact) mass is 342 g/mol. The Morgan fingerprint density at radius 3 is 2.44 bits per heavy atom. The number of carbonyl (C=O) groups excluding carboxylic acids is 1. The highest BCUT2D eigenvalue weighted by Gasteiger charge is 2.45. The predicted molar refractivity (Wildman–Crippen MR) is 88.6 cm³/mol. The van der Waals surface area contributed by atoms with Crippen LogP contribution in [0.15, 0.2) is 24.3 Å². The van der Waals surface area contributed by atoms with Gasteiger partial charge in [0.25, 0.3) is 0 Å². The van der Waals surface area contributed by atoms with Gasteiger partial charge in [0.1, 0.15) is 17.6 Å². The first-order valence-corrected chi connectivity index (χ1v) is 8.04. The van der Waals surface area contributed by atoms with Crippen molar-refractivity contribution in [2.24, 2.45) is 5.92 Å². The van der Waals surface area contributed by atoms with E-state index in [1.807, 2.05) is 0 Å². The number of hydrogen-bond donors (Lipinski definition) is 4. The SMILES string of the molecule is COc1cccc2c1-c1c(O)cc3c(c1C2=O)C(O)C(O)C(C)C3O. The molecule has 0 heterocycles. The lowest BCUT2D eigenvalue weighted by atomic mass is 9.75. The van der Waals surface area contributed by atoms with Crippen LogP contribution in [0.4, 0.5) is 0 Å². The van der Waals surface area contributed by atoms with Gasteiger partial charge >= 0.3 is 0 Å². The molecule has 4 rings (SSSR count). The second-order valence-electron chi connectivity index (χ2n) is 6.60. The van der Waals surface area contributed by atoms with Crippen molar-refractivity contribution in [3.63, 3.8) is 0 Å². The summed E-state index contributed by atoms with van der Waals surface area (Å²) in [4.78, 5) is 13.0. The van der Waals surface area contributed by atoms with Crippen molar-refractivity contribution in [1.82, 2.24) is 0 Å². The minimum Gasteiger partial charge on any atom is -0.507 e. The summed E-state index contributed by atoms with van der Waals surface area (Å²) in [6.45, 7) is 1.60. The number of aliphatic hydroxyl groups excluding tert-OH is 3. The summed E-state index contributed by atoms with van der Waals surface area (Å²) in [5, 5.41) is 41.9. The zero-order chi connectivity index (χ0) is 18.0. The summed E-state index contributed by atoms with van der Waals surface area (Å²) in [5.41, 5.74) is 1.64. The largest absolute Gasteiger partial charge is 0.507 e. The van der Waals surface area contributed by atoms with Crippen LogP contribution in [0.2, 0.25) is 0 Å². The van der Waals surface area contributed by atoms with E-state index in [0.29, 0.717) is 16.9 Å². The van der Waals surface area contributed by atoms with E-state index in [-0.39, 0.29) is 33.8 Å². The van der Waals surface area contributed by atoms with Gasteiger partial charge < -0.3 is 25.2 Å². The maximum Gasteiger partial charge on any atom is 0.194 e. The fourth-order valence-electron chi connectivity index (χ4n) is 3.97. The Balaban J connectivity index is 2.09. The molecule has 0 saturated heterocycles. The van der Waals surface area contributed by atoms with E-state index in [9.17, 15) is 25.2 Å². The van der Waals surface area contributed by atoms with E-state index < -0.39 is 24.2 Å². The number of methoxy groups -OCH3 is 1. The number of benzene rings is 2. The molecule has 6 nitrogen and oxygen atoms in total. The lowest BCUT2D eigenvalue weighted by Crippen LogP contribution is -2.36. The number of rotatable bonds is 1. The third-order valence-electron chi connectivity index (χ3n) is 5.32. The van der Waals surface area contributed by atoms with Crippen molar-refractivity contribution in [2.45, 2.75) is 25.2 Å². The molecule has 4 unspecified atom stereocenters. The molecule has 0 aromatic heterocycles. The quantitative estimate of drug-likeness (QED) is 0.536. The standard InChI is InChI=1S/C19H18O6/c1-7-16(21)9-6-10(20)14-12-8(4-3-5-11(12)25-2)18(23)15(14)13(9)19(24)17(7)22/h3-7,16-17,19-22,24H,1-2H3. The molecule has 2 aromatic rings. The molecule has 130 valence electrons. The smallest absolute Gasteiger partial charge is 0.194 e. The molecule has 0 radical (unpaired) electrons. The van der Waals surface area contributed by atoms with Gasteiger partial charge in [-0.05, 0) is 17.7 Å². The van der Waals surface area contributed by atoms with Gasteiger partial charge in [-0.15, -0.1) is 0 Å². The van der Waals surface area contributed by atoms with Crippen molar-refractivity contribution in [3.05, 3.63) is 46.5 Å². The van der Waals surface area contributed by atoms with Gasteiger partial charge in [-0.25, -0.2) is 0 Å². The summed E-state index contributed by atoms with van der Waals surface area (Å²) in [7, 11) is 1.47. The molecule has 4 atom stereocenters. The lowest BCUT2D eigenvalue weighted by Gasteiger charge is -2.36. The van der Waals surface area contributed by atoms with Crippen LogP contribution in [-0.4, -0.2) is 39.4 Å². The van der Waals surface area contributed by atoms with Gasteiger partial charge in [0.15, 0.2) is 5.78 Å². The van der Waals surface area contributed by atoms with E-state index in [4.69, 9.17) is 4.74 Å². The number of aromatic hydroxyl groups is 1. The van der Waals surface area contributed by atoms with Gasteiger partial charge in [-0.2, -0.15) is 0 Å². The molecule has 0 aliphatic heterocycles. The van der Waals surface area contributed by atoms with Crippen LogP contribution >= 0.6 is 0 Å². The normalized spacial score (nSPS) is 26.8. The molecule has 0 amide bonds. The number of carbonyl (C=O) groups is 1. The third-order valence-corrected chi connectivity index (χ3v) is 5.32. The topological polar surface area (TPSA) is 107 Å². The Labute approximate surface area is 143 Å². The lowest BCUT2D eigenvalue weighted by molar-refractivity contribution is -0.0693. The van der Waals surface area contributed by atoms with Crippen LogP contribution in [0.25, 0.3) is 11.1 Å². The number of ether oxygens (including phenoxy) is 1. The Hall–Kier alpha value is -2.41. The average Bonchev–Trinajstić information content (AvgIpc) is 2.92. The van der Waals surface area contributed by atoms with Gasteiger partial charge in [-0.1, -0.05) is 19.1 Å². The van der Waals surface area contributed by atoms with Crippen molar-refractivity contribution in [3.8, 4) is 22.6 Å². The molecule has 2 aliphatic rings. The Kier molecular flexibility index (Phi) is 3.40. The number of fused-ring (bicyclic) bond motifs is 5. The highest BCUT2D eigenvalue weighted by Crippen LogP contribution is 2.53. The van der Waals surface area contributed by atoms with E-state index in [0.717, 1.165) is 0 Å². The molecule has 4 N–H and O–H groups in total. The summed E-state index contributed by atoms with van der Waals surface area (Å²) >= 11 is 0. The predicted octanol–water partition coefficient (Wildman–Crippen LogP) is 1.69. The van der Waals surface area contributed by atoms with Crippen LogP contribution in [0.5, 0.6) is 11.5 Å². The van der Waals surface area contributed by atoms with E-state index >= 15 is 0 Å². The number of ketones is 1. The third kappa shape index (κ3) is 1.93. The molecule has 0 spiro atoms. The van der Waals surface area contributed by atoms with Gasteiger partial charge in [0, 0.05) is 33.7 Å². The van der Waals surface area contributed by atoms with Crippen molar-refractivity contribution in [1.29, 1.82) is 0 Å². The first-order chi connectivity index (χ1) is 11.9. The maximum atomic E-state index is 13.0. The molecule has 2 aliphatic carbocycles. The first kappa shape index (κ1) is 16.1. The zero-order valence-corrected chi connectivity index (χ0v) is 13.7. The molecule has 6 heteroatoms. The highest BCUT2D eigenvalue weighted by atomic mass is 16.5. The summed E-state index contributed by atoms with van der Waals surface area (Å²) in [5.74, 6) is -0.739. The van der Waals surface area contributed by atoms with Crippen LogP contribution in [-0.2, 0) is 0 Å². The second-order valence-corrected chi connectivity index (χ2v) is 6.60. The molecule has 25 heavy (non-hydrogen) atoms. The average molecular weight is 342 g/mol. The molecular formula is C19H18O6. The summed E-state index contributed by atoms with van der Waals surface area (Å²) in [6, 6.07) is 6.34. The minimum absolute atomic E-state index is 0.118. The fraction of sp³-hybridized carbons (Fsp3) is 0.316. The summed E-state index contributed by atoms with van der Waals surface area (Å²) in [6.07, 6.45) is -3.63. The molecule has 0 fully saturated rings. The van der Waals surface area contributed by atoms with E-state index in [2.05, 4.69) is 0 Å². The number of phenolic OH excluding ortho intramolecular Hbond substituents is 1. The molecule has 2 aromatic carbocycles. The van der Waals surface area contributed by atoms with Gasteiger partial charge in [0.2, 0.25) is 0 Å². The highest BCUT2D eigenvalue weighted by molar-refractivity contribution is 6.24. The van der Waals surface area contributed by atoms with Crippen molar-refractivity contribution < 1.29 is 30.0 Å². The Morgan fingerprint density at radius 2 is 1.76 bits per heavy atom. The van der Waals surface area contributed by atoms with Gasteiger partial charge in [-0.3, -0.25) is 4.79 Å². The van der Waals surface area contributed by atoms with Crippen LogP contribution in [0.3, 0.4) is 0 Å². The van der Waals surface area contributed by atoms with Crippen LogP contribution in [0, 0.1) is 5.92 Å².